The summed E-state index contributed by atoms with van der Waals surface area (Å²) < 4.78 is 70.3. The topological polar surface area (TPSA) is 0 Å². The number of alkyl halides is 3. The summed E-state index contributed by atoms with van der Waals surface area (Å²) in [6.07, 6.45) is -0.964. The van der Waals surface area contributed by atoms with Gasteiger partial charge in [0.25, 0.3) is 0 Å². The quantitative estimate of drug-likeness (QED) is 0.156. The third kappa shape index (κ3) is 5.10. The summed E-state index contributed by atoms with van der Waals surface area (Å²) >= 11 is 0. The summed E-state index contributed by atoms with van der Waals surface area (Å²) in [6, 6.07) is 26.3. The summed E-state index contributed by atoms with van der Waals surface area (Å²) in [4.78, 5) is 0. The van der Waals surface area contributed by atoms with E-state index in [2.05, 4.69) is 36.9 Å². The Morgan fingerprint density at radius 2 is 1.21 bits per heavy atom. The van der Waals surface area contributed by atoms with E-state index < -0.39 is 34.5 Å². The molecule has 0 aliphatic rings. The summed E-state index contributed by atoms with van der Waals surface area (Å²) in [5.74, 6) is -2.11. The monoisotopic (exact) mass is 514 g/mol. The van der Waals surface area contributed by atoms with Gasteiger partial charge in [0.1, 0.15) is 11.6 Å². The Morgan fingerprint density at radius 1 is 0.632 bits per heavy atom. The maximum absolute atomic E-state index is 15.0. The largest absolute Gasteiger partial charge is 0.417 e. The Balaban J connectivity index is 1.44. The van der Waals surface area contributed by atoms with Crippen LogP contribution in [-0.4, -0.2) is 0 Å². The van der Waals surface area contributed by atoms with Gasteiger partial charge in [-0.3, -0.25) is 0 Å². The molecule has 5 aromatic carbocycles. The molecule has 0 amide bonds. The Morgan fingerprint density at radius 3 is 1.87 bits per heavy atom. The van der Waals surface area contributed by atoms with Gasteiger partial charge in [0.15, 0.2) is 0 Å². The van der Waals surface area contributed by atoms with E-state index in [1.54, 1.807) is 12.1 Å². The molecule has 190 valence electrons. The Hall–Kier alpha value is -4.25. The van der Waals surface area contributed by atoms with E-state index >= 15 is 8.78 Å². The predicted molar refractivity (Wildman–Crippen MR) is 144 cm³/mol. The van der Waals surface area contributed by atoms with Crippen LogP contribution in [-0.2, 0) is 12.6 Å². The highest BCUT2D eigenvalue weighted by Gasteiger charge is 2.34. The van der Waals surface area contributed by atoms with Crippen LogP contribution in [0.25, 0.3) is 44.2 Å². The molecular formula is C33H23F5. The minimum absolute atomic E-state index is 0.241. The Labute approximate surface area is 217 Å². The van der Waals surface area contributed by atoms with Gasteiger partial charge in [-0.1, -0.05) is 78.9 Å². The van der Waals surface area contributed by atoms with Gasteiger partial charge in [0.2, 0.25) is 0 Å². The van der Waals surface area contributed by atoms with Crippen LogP contribution >= 0.6 is 0 Å². The van der Waals surface area contributed by atoms with Crippen LogP contribution in [0.1, 0.15) is 17.5 Å². The van der Waals surface area contributed by atoms with Crippen molar-refractivity contribution in [3.8, 4) is 33.4 Å². The molecule has 0 heterocycles. The zero-order chi connectivity index (χ0) is 26.9. The maximum Gasteiger partial charge on any atom is 0.417 e. The Kier molecular flexibility index (Phi) is 6.85. The summed E-state index contributed by atoms with van der Waals surface area (Å²) in [5.41, 5.74) is 1.67. The summed E-state index contributed by atoms with van der Waals surface area (Å²) in [6.45, 7) is 3.77. The molecule has 0 nitrogen and oxygen atoms in total. The minimum atomic E-state index is -4.74. The van der Waals surface area contributed by atoms with Crippen LogP contribution in [0.15, 0.2) is 110 Å². The van der Waals surface area contributed by atoms with Crippen LogP contribution in [0.2, 0.25) is 0 Å². The van der Waals surface area contributed by atoms with Crippen molar-refractivity contribution in [3.63, 3.8) is 0 Å². The second-order valence-electron chi connectivity index (χ2n) is 9.16. The van der Waals surface area contributed by atoms with Crippen molar-refractivity contribution < 1.29 is 22.0 Å². The lowest BCUT2D eigenvalue weighted by molar-refractivity contribution is -0.137. The fraction of sp³-hybridized carbons (Fsp3) is 0.0909. The van der Waals surface area contributed by atoms with Crippen LogP contribution in [0, 0.1) is 11.6 Å². The first-order valence-electron chi connectivity index (χ1n) is 12.1. The van der Waals surface area contributed by atoms with Crippen molar-refractivity contribution >= 4 is 10.8 Å². The zero-order valence-corrected chi connectivity index (χ0v) is 20.3. The molecule has 5 rings (SSSR count). The van der Waals surface area contributed by atoms with E-state index in [1.807, 2.05) is 24.3 Å². The number of fused-ring (bicyclic) bond motifs is 1. The lowest BCUT2D eigenvalue weighted by Crippen LogP contribution is -2.08. The molecule has 0 unspecified atom stereocenters. The lowest BCUT2D eigenvalue weighted by Gasteiger charge is -2.15. The number of hydrogen-bond acceptors (Lipinski definition) is 0. The average molecular weight is 515 g/mol. The number of benzene rings is 5. The SMILES string of the molecule is C=CCCc1ccc2cc(-c3ccc(-c4cc(F)c(-c5ccccc5C(F)(F)F)c(F)c4)cc3)ccc2c1. The molecule has 0 radical (unpaired) electrons. The first-order valence-corrected chi connectivity index (χ1v) is 12.1. The van der Waals surface area contributed by atoms with Crippen molar-refractivity contribution in [1.82, 2.24) is 0 Å². The average Bonchev–Trinajstić information content (AvgIpc) is 2.91. The van der Waals surface area contributed by atoms with E-state index in [0.717, 1.165) is 59.0 Å². The molecular weight excluding hydrogens is 491 g/mol. The second-order valence-corrected chi connectivity index (χ2v) is 9.16. The third-order valence-corrected chi connectivity index (χ3v) is 6.64. The first-order chi connectivity index (χ1) is 18.2. The number of allylic oxidation sites excluding steroid dienone is 1. The van der Waals surface area contributed by atoms with E-state index in [-0.39, 0.29) is 5.56 Å². The standard InChI is InChI=1S/C33H23F5/c1-2-3-6-21-9-10-26-18-25(16-15-24(26)17-21)22-11-13-23(14-12-22)27-19-30(34)32(31(35)20-27)28-7-4-5-8-29(28)33(36,37)38/h2,4-5,7-20H,1,3,6H2. The molecule has 5 heteroatoms. The molecule has 0 saturated carbocycles. The van der Waals surface area contributed by atoms with E-state index in [4.69, 9.17) is 0 Å². The van der Waals surface area contributed by atoms with E-state index in [9.17, 15) is 13.2 Å². The van der Waals surface area contributed by atoms with Crippen molar-refractivity contribution in [2.24, 2.45) is 0 Å². The van der Waals surface area contributed by atoms with Crippen LogP contribution < -0.4 is 0 Å². The van der Waals surface area contributed by atoms with E-state index in [0.29, 0.717) is 5.56 Å². The Bertz CT molecular complexity index is 1610. The highest BCUT2D eigenvalue weighted by atomic mass is 19.4. The zero-order valence-electron chi connectivity index (χ0n) is 20.3. The van der Waals surface area contributed by atoms with Crippen molar-refractivity contribution in [2.45, 2.75) is 19.0 Å². The van der Waals surface area contributed by atoms with Crippen LogP contribution in [0.4, 0.5) is 22.0 Å². The second kappa shape index (κ2) is 10.3. The van der Waals surface area contributed by atoms with Crippen LogP contribution in [0.3, 0.4) is 0 Å². The molecule has 0 bridgehead atoms. The molecule has 0 atom stereocenters. The van der Waals surface area contributed by atoms with Crippen LogP contribution in [0.5, 0.6) is 0 Å². The fourth-order valence-electron chi connectivity index (χ4n) is 4.70. The van der Waals surface area contributed by atoms with Gasteiger partial charge in [-0.15, -0.1) is 6.58 Å². The van der Waals surface area contributed by atoms with E-state index in [1.165, 1.54) is 17.7 Å². The molecule has 0 fully saturated rings. The van der Waals surface area contributed by atoms with Gasteiger partial charge >= 0.3 is 6.18 Å². The molecule has 38 heavy (non-hydrogen) atoms. The van der Waals surface area contributed by atoms with Gasteiger partial charge in [-0.25, -0.2) is 8.78 Å². The highest BCUT2D eigenvalue weighted by Crippen LogP contribution is 2.40. The third-order valence-electron chi connectivity index (χ3n) is 6.64. The number of aryl methyl sites for hydroxylation is 1. The maximum atomic E-state index is 15.0. The van der Waals surface area contributed by atoms with Gasteiger partial charge < -0.3 is 0 Å². The number of halogens is 5. The summed E-state index contributed by atoms with van der Waals surface area (Å²) in [5, 5.41) is 2.25. The molecule has 0 aliphatic carbocycles. The minimum Gasteiger partial charge on any atom is -0.206 e. The van der Waals surface area contributed by atoms with Gasteiger partial charge in [0.05, 0.1) is 11.1 Å². The molecule has 0 spiro atoms. The molecule has 0 aromatic heterocycles. The molecule has 5 aromatic rings. The predicted octanol–water partition coefficient (Wildman–Crippen LogP) is 10.3. The number of rotatable bonds is 6. The fourth-order valence-corrected chi connectivity index (χ4v) is 4.70. The molecule has 0 aliphatic heterocycles. The normalized spacial score (nSPS) is 11.6. The van der Waals surface area contributed by atoms with Crippen molar-refractivity contribution in [3.05, 3.63) is 132 Å². The molecule has 0 saturated heterocycles. The van der Waals surface area contributed by atoms with Gasteiger partial charge in [0, 0.05) is 0 Å². The lowest BCUT2D eigenvalue weighted by atomic mass is 9.94. The van der Waals surface area contributed by atoms with Crippen molar-refractivity contribution in [2.75, 3.05) is 0 Å². The first kappa shape index (κ1) is 25.4. The smallest absolute Gasteiger partial charge is 0.206 e. The highest BCUT2D eigenvalue weighted by molar-refractivity contribution is 5.88. The number of hydrogen-bond donors (Lipinski definition) is 0. The van der Waals surface area contributed by atoms with Gasteiger partial charge in [-0.2, -0.15) is 13.2 Å². The van der Waals surface area contributed by atoms with Gasteiger partial charge in [-0.05, 0) is 81.3 Å². The van der Waals surface area contributed by atoms with Crippen molar-refractivity contribution in [1.29, 1.82) is 0 Å². The summed E-state index contributed by atoms with van der Waals surface area (Å²) in [7, 11) is 0. The molecule has 0 N–H and O–H groups in total.